The monoisotopic (exact) mass is 334 g/mol. The van der Waals surface area contributed by atoms with Crippen molar-refractivity contribution in [2.75, 3.05) is 6.61 Å². The van der Waals surface area contributed by atoms with Gasteiger partial charge in [-0.05, 0) is 34.7 Å². The molecule has 2 aliphatic rings. The molecule has 1 atom stereocenters. The Morgan fingerprint density at radius 1 is 1.09 bits per heavy atom. The number of aliphatic hydroxyl groups is 1. The largest absolute Gasteiger partial charge is 0.466 e. The Morgan fingerprint density at radius 2 is 1.61 bits per heavy atom. The Morgan fingerprint density at radius 3 is 2.00 bits per heavy atom. The van der Waals surface area contributed by atoms with Crippen LogP contribution in [0.1, 0.15) is 20.3 Å². The minimum absolute atomic E-state index is 0.107. The lowest BCUT2D eigenvalue weighted by Crippen LogP contribution is -2.33. The fourth-order valence-corrected chi connectivity index (χ4v) is 1.98. The smallest absolute Gasteiger partial charge is 0.302 e. The zero-order valence-corrected chi connectivity index (χ0v) is 13.8. The van der Waals surface area contributed by atoms with Crippen LogP contribution >= 0.6 is 11.6 Å². The van der Waals surface area contributed by atoms with Crippen LogP contribution in [-0.2, 0) is 9.53 Å². The zero-order valence-electron chi connectivity index (χ0n) is 13.1. The average Bonchev–Trinajstić information content (AvgIpc) is 2.45. The average molecular weight is 335 g/mol. The van der Waals surface area contributed by atoms with Gasteiger partial charge in [0.1, 0.15) is 5.75 Å². The first-order valence-electron chi connectivity index (χ1n) is 7.26. The molecule has 0 fully saturated rings. The normalized spacial score (nSPS) is 13.2. The molecule has 0 spiro atoms. The second-order valence-electron chi connectivity index (χ2n) is 5.40. The van der Waals surface area contributed by atoms with Crippen molar-refractivity contribution in [1.29, 1.82) is 0 Å². The molecule has 2 aliphatic carbocycles. The molecule has 0 saturated heterocycles. The van der Waals surface area contributed by atoms with Crippen LogP contribution in [0.15, 0.2) is 48.5 Å². The van der Waals surface area contributed by atoms with Gasteiger partial charge in [0.2, 0.25) is 5.79 Å². The number of carbonyl (C=O) groups excluding carboxylic acids is 1. The molecule has 122 valence electrons. The quantitative estimate of drug-likeness (QED) is 0.571. The summed E-state index contributed by atoms with van der Waals surface area (Å²) in [5.74, 6) is -1.27. The second kappa shape index (κ2) is 7.49. The summed E-state index contributed by atoms with van der Waals surface area (Å²) in [4.78, 5) is 10.6. The lowest BCUT2D eigenvalue weighted by Gasteiger charge is -2.24. The molecule has 1 N–H and O–H groups in total. The number of esters is 1. The van der Waals surface area contributed by atoms with Gasteiger partial charge in [-0.15, -0.1) is 0 Å². The molecule has 0 heterocycles. The summed E-state index contributed by atoms with van der Waals surface area (Å²) in [5, 5.41) is 13.3. The number of hydrogen-bond donors (Lipinski definition) is 1. The summed E-state index contributed by atoms with van der Waals surface area (Å²) >= 11 is 5.73. The van der Waals surface area contributed by atoms with E-state index in [1.165, 1.54) is 24.3 Å². The molecule has 23 heavy (non-hydrogen) atoms. The van der Waals surface area contributed by atoms with Crippen LogP contribution in [0.5, 0.6) is 5.75 Å². The summed E-state index contributed by atoms with van der Waals surface area (Å²) in [6, 6.07) is 15.1. The summed E-state index contributed by atoms with van der Waals surface area (Å²) in [5.41, 5.74) is 0. The maximum absolute atomic E-state index is 10.6. The van der Waals surface area contributed by atoms with Crippen molar-refractivity contribution in [1.82, 2.24) is 0 Å². The van der Waals surface area contributed by atoms with E-state index in [-0.39, 0.29) is 19.0 Å². The number of rotatable bonds is 5. The lowest BCUT2D eigenvalue weighted by molar-refractivity contribution is -0.153. The van der Waals surface area contributed by atoms with E-state index >= 15 is 0 Å². The first-order valence-corrected chi connectivity index (χ1v) is 7.64. The number of halogens is 1. The maximum atomic E-state index is 10.6. The topological polar surface area (TPSA) is 55.8 Å². The molecule has 5 heteroatoms. The van der Waals surface area contributed by atoms with Crippen molar-refractivity contribution in [3.63, 3.8) is 0 Å². The maximum Gasteiger partial charge on any atom is 0.302 e. The van der Waals surface area contributed by atoms with E-state index in [1.807, 2.05) is 0 Å². The van der Waals surface area contributed by atoms with Crippen molar-refractivity contribution in [2.45, 2.75) is 26.1 Å². The number of ether oxygens (including phenoxy) is 2. The van der Waals surface area contributed by atoms with Gasteiger partial charge >= 0.3 is 5.97 Å². The van der Waals surface area contributed by atoms with Crippen LogP contribution < -0.4 is 4.74 Å². The molecule has 0 aromatic heterocycles. The minimum atomic E-state index is -1.39. The van der Waals surface area contributed by atoms with Gasteiger partial charge in [0.05, 0.1) is 6.61 Å². The fraction of sp³-hybridized carbons (Fsp3) is 0.278. The van der Waals surface area contributed by atoms with Gasteiger partial charge in [0.25, 0.3) is 0 Å². The van der Waals surface area contributed by atoms with E-state index in [0.717, 1.165) is 0 Å². The van der Waals surface area contributed by atoms with Crippen LogP contribution in [0.25, 0.3) is 0 Å². The van der Waals surface area contributed by atoms with Crippen molar-refractivity contribution in [2.24, 2.45) is 0 Å². The summed E-state index contributed by atoms with van der Waals surface area (Å²) in [7, 11) is 0. The van der Waals surface area contributed by atoms with Gasteiger partial charge in [-0.2, -0.15) is 0 Å². The molecular formula is C18H19ClO4. The molecule has 0 bridgehead atoms. The van der Waals surface area contributed by atoms with Crippen molar-refractivity contribution < 1.29 is 19.4 Å². The first kappa shape index (κ1) is 17.3. The molecule has 1 unspecified atom stereocenters. The van der Waals surface area contributed by atoms with Gasteiger partial charge < -0.3 is 14.6 Å². The van der Waals surface area contributed by atoms with Crippen LogP contribution in [-0.4, -0.2) is 23.5 Å². The van der Waals surface area contributed by atoms with Gasteiger partial charge in [0, 0.05) is 25.3 Å². The molecule has 1 aromatic rings. The third-order valence-corrected chi connectivity index (χ3v) is 3.49. The Kier molecular flexibility index (Phi) is 5.64. The van der Waals surface area contributed by atoms with Crippen molar-refractivity contribution in [3.05, 3.63) is 64.0 Å². The highest BCUT2D eigenvalue weighted by Gasteiger charge is 2.22. The van der Waals surface area contributed by atoms with E-state index in [9.17, 15) is 9.90 Å². The second-order valence-corrected chi connectivity index (χ2v) is 5.83. The highest BCUT2D eigenvalue weighted by molar-refractivity contribution is 6.30. The Hall–Kier alpha value is -2.04. The van der Waals surface area contributed by atoms with E-state index < -0.39 is 5.79 Å². The predicted molar refractivity (Wildman–Crippen MR) is 88.1 cm³/mol. The molecule has 0 radical (unpaired) electrons. The van der Waals surface area contributed by atoms with Crippen LogP contribution in [0, 0.1) is 10.4 Å². The standard InChI is InChI=1S/C12H15ClO4.C6H4/c1-9(14)16-8-7-12(2,15)17-11-5-3-10(13)4-6-11;1-2-6-4-3-5(1)6/h3-6,15H,7-8H2,1-2H3;1-4H. The first-order chi connectivity index (χ1) is 10.9. The summed E-state index contributed by atoms with van der Waals surface area (Å²) < 4.78 is 10.1. The highest BCUT2D eigenvalue weighted by atomic mass is 35.5. The molecule has 0 amide bonds. The SMILES string of the molecule is CC(=O)OCCC(C)(O)Oc1ccc(Cl)cc1.c1cc2ccc1=2. The van der Waals surface area contributed by atoms with E-state index in [4.69, 9.17) is 21.1 Å². The molecule has 3 rings (SSSR count). The van der Waals surface area contributed by atoms with Gasteiger partial charge in [-0.1, -0.05) is 35.9 Å². The third kappa shape index (κ3) is 5.58. The summed E-state index contributed by atoms with van der Waals surface area (Å²) in [6.07, 6.45) is 0.190. The molecule has 0 saturated carbocycles. The minimum Gasteiger partial charge on any atom is -0.466 e. The predicted octanol–water partition coefficient (Wildman–Crippen LogP) is 3.67. The van der Waals surface area contributed by atoms with Crippen LogP contribution in [0.2, 0.25) is 5.02 Å². The lowest BCUT2D eigenvalue weighted by atomic mass is 10.1. The van der Waals surface area contributed by atoms with E-state index in [0.29, 0.717) is 10.8 Å². The number of benzene rings is 2. The Balaban J connectivity index is 0.000000260. The molecule has 4 nitrogen and oxygen atoms in total. The third-order valence-electron chi connectivity index (χ3n) is 3.24. The Bertz CT molecular complexity index is 703. The van der Waals surface area contributed by atoms with E-state index in [1.54, 1.807) is 24.3 Å². The Labute approximate surface area is 139 Å². The van der Waals surface area contributed by atoms with Crippen LogP contribution in [0.3, 0.4) is 0 Å². The molecule has 1 aromatic carbocycles. The van der Waals surface area contributed by atoms with E-state index in [2.05, 4.69) is 24.3 Å². The zero-order chi connectivity index (χ0) is 16.9. The van der Waals surface area contributed by atoms with Gasteiger partial charge in [-0.25, -0.2) is 0 Å². The van der Waals surface area contributed by atoms with Gasteiger partial charge in [-0.3, -0.25) is 4.79 Å². The van der Waals surface area contributed by atoms with Gasteiger partial charge in [0.15, 0.2) is 0 Å². The molecular weight excluding hydrogens is 316 g/mol. The van der Waals surface area contributed by atoms with Crippen molar-refractivity contribution >= 4 is 17.6 Å². The van der Waals surface area contributed by atoms with Crippen LogP contribution in [0.4, 0.5) is 0 Å². The highest BCUT2D eigenvalue weighted by Crippen LogP contribution is 2.21. The van der Waals surface area contributed by atoms with Crippen molar-refractivity contribution in [3.8, 4) is 5.75 Å². The molecule has 0 aliphatic heterocycles. The summed E-state index contributed by atoms with van der Waals surface area (Å²) in [6.45, 7) is 2.93. The number of hydrogen-bond acceptors (Lipinski definition) is 4. The number of carbonyl (C=O) groups is 1. The fourth-order valence-electron chi connectivity index (χ4n) is 1.85.